The van der Waals surface area contributed by atoms with Gasteiger partial charge in [0.1, 0.15) is 11.8 Å². The second kappa shape index (κ2) is 5.23. The number of aromatic hydroxyl groups is 1. The van der Waals surface area contributed by atoms with Gasteiger partial charge in [-0.25, -0.2) is 4.79 Å². The van der Waals surface area contributed by atoms with Crippen molar-refractivity contribution >= 4 is 11.9 Å². The van der Waals surface area contributed by atoms with Gasteiger partial charge in [-0.2, -0.15) is 0 Å². The minimum absolute atomic E-state index is 0.0281. The summed E-state index contributed by atoms with van der Waals surface area (Å²) in [5, 5.41) is 19.2. The van der Waals surface area contributed by atoms with E-state index < -0.39 is 24.0 Å². The van der Waals surface area contributed by atoms with Crippen molar-refractivity contribution in [3.63, 3.8) is 0 Å². The number of nitrogens with zero attached hydrogens (tertiary/aromatic N) is 2. The van der Waals surface area contributed by atoms with Gasteiger partial charge in [-0.1, -0.05) is 0 Å². The molecule has 2 rings (SSSR count). The van der Waals surface area contributed by atoms with Crippen molar-refractivity contribution in [2.75, 3.05) is 13.7 Å². The van der Waals surface area contributed by atoms with Gasteiger partial charge in [-0.15, -0.1) is 0 Å². The number of ether oxygens (including phenoxy) is 1. The molecule has 2 atom stereocenters. The smallest absolute Gasteiger partial charge is 0.328 e. The lowest BCUT2D eigenvalue weighted by Gasteiger charge is -2.22. The van der Waals surface area contributed by atoms with Gasteiger partial charge in [-0.3, -0.25) is 9.78 Å². The highest BCUT2D eigenvalue weighted by Crippen LogP contribution is 2.24. The van der Waals surface area contributed by atoms with Gasteiger partial charge in [0.2, 0.25) is 0 Å². The molecule has 0 spiro atoms. The molecule has 1 aliphatic heterocycles. The van der Waals surface area contributed by atoms with E-state index >= 15 is 0 Å². The van der Waals surface area contributed by atoms with E-state index in [1.807, 2.05) is 0 Å². The van der Waals surface area contributed by atoms with Crippen LogP contribution in [0, 0.1) is 0 Å². The van der Waals surface area contributed by atoms with Crippen LogP contribution in [-0.4, -0.2) is 57.8 Å². The molecule has 7 nitrogen and oxygen atoms in total. The Labute approximate surface area is 109 Å². The first-order valence-corrected chi connectivity index (χ1v) is 5.74. The molecular weight excluding hydrogens is 252 g/mol. The van der Waals surface area contributed by atoms with Crippen LogP contribution in [0.4, 0.5) is 0 Å². The van der Waals surface area contributed by atoms with Crippen LogP contribution < -0.4 is 0 Å². The van der Waals surface area contributed by atoms with Gasteiger partial charge in [-0.05, 0) is 6.07 Å². The van der Waals surface area contributed by atoms with Crippen LogP contribution in [0.2, 0.25) is 0 Å². The number of amides is 1. The predicted octanol–water partition coefficient (Wildman–Crippen LogP) is -0.464. The SMILES string of the molecule is COC(=O)C1CC(O)CN1C(=O)c1ccncc1O. The summed E-state index contributed by atoms with van der Waals surface area (Å²) in [5.74, 6) is -1.39. The molecule has 7 heteroatoms. The Kier molecular flexibility index (Phi) is 3.66. The minimum Gasteiger partial charge on any atom is -0.505 e. The van der Waals surface area contributed by atoms with E-state index in [1.165, 1.54) is 24.3 Å². The van der Waals surface area contributed by atoms with Crippen molar-refractivity contribution in [2.45, 2.75) is 18.6 Å². The maximum Gasteiger partial charge on any atom is 0.328 e. The monoisotopic (exact) mass is 266 g/mol. The van der Waals surface area contributed by atoms with E-state index in [1.54, 1.807) is 0 Å². The number of carbonyl (C=O) groups is 2. The highest BCUT2D eigenvalue weighted by molar-refractivity contribution is 5.99. The Morgan fingerprint density at radius 2 is 2.26 bits per heavy atom. The molecule has 0 bridgehead atoms. The Morgan fingerprint density at radius 3 is 2.89 bits per heavy atom. The number of aliphatic hydroxyl groups is 1. The molecule has 0 saturated carbocycles. The number of β-amino-alcohol motifs (C(OH)–C–C–N with tert-alkyl or cyclic N) is 1. The number of esters is 1. The van der Waals surface area contributed by atoms with Crippen molar-refractivity contribution in [1.29, 1.82) is 0 Å². The number of aromatic nitrogens is 1. The van der Waals surface area contributed by atoms with Crippen LogP contribution in [0.15, 0.2) is 18.5 Å². The van der Waals surface area contributed by atoms with Gasteiger partial charge >= 0.3 is 5.97 Å². The molecule has 19 heavy (non-hydrogen) atoms. The summed E-state index contributed by atoms with van der Waals surface area (Å²) >= 11 is 0. The zero-order valence-electron chi connectivity index (χ0n) is 10.3. The summed E-state index contributed by atoms with van der Waals surface area (Å²) in [4.78, 5) is 28.7. The molecule has 1 saturated heterocycles. The summed E-state index contributed by atoms with van der Waals surface area (Å²) in [6.45, 7) is 0.0281. The van der Waals surface area contributed by atoms with Crippen LogP contribution in [0.5, 0.6) is 5.75 Å². The van der Waals surface area contributed by atoms with Gasteiger partial charge in [0.15, 0.2) is 0 Å². The second-order valence-corrected chi connectivity index (χ2v) is 4.28. The summed E-state index contributed by atoms with van der Waals surface area (Å²) < 4.78 is 4.61. The van der Waals surface area contributed by atoms with E-state index in [-0.39, 0.29) is 24.3 Å². The Balaban J connectivity index is 2.27. The van der Waals surface area contributed by atoms with Crippen molar-refractivity contribution < 1.29 is 24.5 Å². The standard InChI is InChI=1S/C12H14N2O5/c1-19-12(18)9-4-7(15)6-14(9)11(17)8-2-3-13-5-10(8)16/h2-3,5,7,9,15-16H,4,6H2,1H3. The van der Waals surface area contributed by atoms with Crippen LogP contribution in [-0.2, 0) is 9.53 Å². The van der Waals surface area contributed by atoms with Gasteiger partial charge in [0.25, 0.3) is 5.91 Å². The molecule has 1 aromatic heterocycles. The number of hydrogen-bond acceptors (Lipinski definition) is 6. The molecule has 2 unspecified atom stereocenters. The molecule has 0 radical (unpaired) electrons. The lowest BCUT2D eigenvalue weighted by molar-refractivity contribution is -0.145. The summed E-state index contributed by atoms with van der Waals surface area (Å²) in [7, 11) is 1.22. The van der Waals surface area contributed by atoms with E-state index in [9.17, 15) is 19.8 Å². The Bertz CT molecular complexity index is 505. The first-order chi connectivity index (χ1) is 9.04. The Morgan fingerprint density at radius 1 is 1.53 bits per heavy atom. The fourth-order valence-electron chi connectivity index (χ4n) is 2.12. The highest BCUT2D eigenvalue weighted by atomic mass is 16.5. The van der Waals surface area contributed by atoms with Crippen molar-refractivity contribution in [3.05, 3.63) is 24.0 Å². The van der Waals surface area contributed by atoms with Crippen molar-refractivity contribution in [2.24, 2.45) is 0 Å². The number of aliphatic hydroxyl groups excluding tert-OH is 1. The number of carbonyl (C=O) groups excluding carboxylic acids is 2. The maximum atomic E-state index is 12.3. The van der Waals surface area contributed by atoms with Crippen LogP contribution >= 0.6 is 0 Å². The topological polar surface area (TPSA) is 100.0 Å². The number of rotatable bonds is 2. The van der Waals surface area contributed by atoms with Crippen LogP contribution in [0.3, 0.4) is 0 Å². The molecule has 1 fully saturated rings. The molecule has 2 heterocycles. The molecular formula is C12H14N2O5. The van der Waals surface area contributed by atoms with Crippen LogP contribution in [0.1, 0.15) is 16.8 Å². The molecule has 1 aromatic rings. The number of pyridine rings is 1. The highest BCUT2D eigenvalue weighted by Gasteiger charge is 2.40. The number of likely N-dealkylation sites (tertiary alicyclic amines) is 1. The van der Waals surface area contributed by atoms with Crippen molar-refractivity contribution in [1.82, 2.24) is 9.88 Å². The second-order valence-electron chi connectivity index (χ2n) is 4.28. The molecule has 2 N–H and O–H groups in total. The minimum atomic E-state index is -0.833. The van der Waals surface area contributed by atoms with E-state index in [4.69, 9.17) is 0 Å². The largest absolute Gasteiger partial charge is 0.505 e. The zero-order valence-corrected chi connectivity index (χ0v) is 10.3. The van der Waals surface area contributed by atoms with Gasteiger partial charge < -0.3 is 19.8 Å². The third-order valence-corrected chi connectivity index (χ3v) is 3.04. The van der Waals surface area contributed by atoms with E-state index in [0.29, 0.717) is 0 Å². The molecule has 0 aliphatic carbocycles. The predicted molar refractivity (Wildman–Crippen MR) is 63.4 cm³/mol. The third kappa shape index (κ3) is 2.50. The summed E-state index contributed by atoms with van der Waals surface area (Å²) in [5.41, 5.74) is 0.0398. The first kappa shape index (κ1) is 13.3. The molecule has 1 amide bonds. The first-order valence-electron chi connectivity index (χ1n) is 5.74. The van der Waals surface area contributed by atoms with E-state index in [0.717, 1.165) is 6.20 Å². The Hall–Kier alpha value is -2.15. The van der Waals surface area contributed by atoms with E-state index in [2.05, 4.69) is 9.72 Å². The van der Waals surface area contributed by atoms with Crippen molar-refractivity contribution in [3.8, 4) is 5.75 Å². The lowest BCUT2D eigenvalue weighted by atomic mass is 10.1. The summed E-state index contributed by atoms with van der Waals surface area (Å²) in [6, 6.07) is 0.525. The average Bonchev–Trinajstić information content (AvgIpc) is 2.79. The van der Waals surface area contributed by atoms with Crippen LogP contribution in [0.25, 0.3) is 0 Å². The summed E-state index contributed by atoms with van der Waals surface area (Å²) in [6.07, 6.45) is 1.86. The average molecular weight is 266 g/mol. The molecule has 0 aromatic carbocycles. The third-order valence-electron chi connectivity index (χ3n) is 3.04. The maximum absolute atomic E-state index is 12.3. The van der Waals surface area contributed by atoms with Gasteiger partial charge in [0, 0.05) is 19.2 Å². The number of methoxy groups -OCH3 is 1. The van der Waals surface area contributed by atoms with Gasteiger partial charge in [0.05, 0.1) is 25.0 Å². The molecule has 1 aliphatic rings. The normalized spacial score (nSPS) is 22.3. The number of hydrogen-bond donors (Lipinski definition) is 2. The quantitative estimate of drug-likeness (QED) is 0.702. The zero-order chi connectivity index (χ0) is 14.0. The fourth-order valence-corrected chi connectivity index (χ4v) is 2.12. The molecule has 102 valence electrons. The lowest BCUT2D eigenvalue weighted by Crippen LogP contribution is -2.41. The fraction of sp³-hybridized carbons (Fsp3) is 0.417.